The zero-order valence-electron chi connectivity index (χ0n) is 46.4. The zero-order chi connectivity index (χ0) is 56.8. The largest absolute Gasteiger partial charge is 0.488 e. The fourth-order valence-electron chi connectivity index (χ4n) is 11.8. The van der Waals surface area contributed by atoms with E-state index in [-0.39, 0.29) is 112 Å². The van der Waals surface area contributed by atoms with Crippen LogP contribution in [0.5, 0.6) is 11.5 Å². The number of carbonyl (C=O) groups excluding carboxylic acids is 2. The molecule has 79 heavy (non-hydrogen) atoms. The molecule has 2 aliphatic heterocycles. The summed E-state index contributed by atoms with van der Waals surface area (Å²) in [5.41, 5.74) is -2.54. The molecular formula is C61H66F6N2O7S3. The maximum absolute atomic E-state index is 17.9. The third-order valence-electron chi connectivity index (χ3n) is 17.0. The molecule has 6 heterocycles. The molecule has 0 unspecified atom stereocenters. The van der Waals surface area contributed by atoms with Crippen molar-refractivity contribution >= 4 is 68.3 Å². The van der Waals surface area contributed by atoms with Crippen molar-refractivity contribution in [3.8, 4) is 42.3 Å². The van der Waals surface area contributed by atoms with E-state index in [2.05, 4.69) is 61.5 Å². The van der Waals surface area contributed by atoms with Gasteiger partial charge in [-0.25, -0.2) is 9.59 Å². The standard InChI is InChI=1S/C61H66F6N2O7S3/c1-54(2,3)34-14-12-33(13-15-34)48-45(35-28-40(72-24-20-68-22-26-74-52(68)70)41(32-39(35)76-48)73-25-21-69-23-27-75-53(69)71)47-46(59(62,63)61(66,67)60(47,64)65)36-29-42(43-30-37-50(78-43)57(8,9)18-16-55(37,4)5)77-49(36)44-31-38-51(79-44)58(10,11)19-17-56(38,6)7/h12-15,28-32H,16-27H2,1-11H3. The average Bonchev–Trinajstić information content (AvgIpc) is 3.35. The zero-order valence-corrected chi connectivity index (χ0v) is 48.9. The minimum atomic E-state index is -5.93. The number of allylic oxidation sites excluding steroid dienone is 2. The lowest BCUT2D eigenvalue weighted by Crippen LogP contribution is -2.48. The number of carbonyl (C=O) groups is 2. The number of rotatable bonds is 13. The molecule has 0 radical (unpaired) electrons. The predicted octanol–water partition coefficient (Wildman–Crippen LogP) is 17.1. The highest BCUT2D eigenvalue weighted by atomic mass is 32.1. The SMILES string of the molecule is CC(C)(C)c1ccc(-c2oc3cc(OCCN4CCOC4=O)c(OCCN4CCOC4=O)cc3c2C2=C(c3cc(-c4cc5c(s4)C(C)(C)CCC5(C)C)sc3-c3cc4c(s3)C(C)(C)CCC4(C)C)C(F)(F)C(F)(F)C2(F)F)cc1. The summed E-state index contributed by atoms with van der Waals surface area (Å²) in [6, 6.07) is 14.9. The monoisotopic (exact) mass is 1150 g/mol. The molecule has 6 aromatic rings. The highest BCUT2D eigenvalue weighted by Gasteiger charge is 2.81. The fourth-order valence-corrected chi connectivity index (χ4v) is 16.0. The lowest BCUT2D eigenvalue weighted by atomic mass is 9.67. The van der Waals surface area contributed by atoms with Gasteiger partial charge in [0.15, 0.2) is 11.5 Å². The number of nitrogens with zero attached hydrogens (tertiary/aromatic N) is 2. The summed E-state index contributed by atoms with van der Waals surface area (Å²) in [6.07, 6.45) is 2.41. The Morgan fingerprint density at radius 1 is 0.595 bits per heavy atom. The molecule has 3 aliphatic carbocycles. The molecule has 2 fully saturated rings. The number of furan rings is 1. The van der Waals surface area contributed by atoms with E-state index in [0.717, 1.165) is 68.3 Å². The van der Waals surface area contributed by atoms with E-state index >= 15 is 26.3 Å². The van der Waals surface area contributed by atoms with Crippen LogP contribution in [0.2, 0.25) is 0 Å². The van der Waals surface area contributed by atoms with Gasteiger partial charge >= 0.3 is 30.0 Å². The van der Waals surface area contributed by atoms with Gasteiger partial charge in [-0.3, -0.25) is 0 Å². The second kappa shape index (κ2) is 18.8. The molecule has 18 heteroatoms. The Balaban J connectivity index is 1.19. The van der Waals surface area contributed by atoms with E-state index in [1.54, 1.807) is 24.3 Å². The first-order valence-electron chi connectivity index (χ1n) is 27.0. The second-order valence-corrected chi connectivity index (χ2v) is 28.6. The molecule has 11 rings (SSSR count). The van der Waals surface area contributed by atoms with Crippen LogP contribution in [0.1, 0.15) is 139 Å². The molecule has 422 valence electrons. The first-order valence-corrected chi connectivity index (χ1v) is 29.4. The van der Waals surface area contributed by atoms with Crippen molar-refractivity contribution in [3.05, 3.63) is 92.2 Å². The lowest BCUT2D eigenvalue weighted by Gasteiger charge is -2.39. The quantitative estimate of drug-likeness (QED) is 0.106. The molecule has 0 atom stereocenters. The van der Waals surface area contributed by atoms with E-state index in [1.807, 2.05) is 26.8 Å². The Morgan fingerprint density at radius 2 is 1.08 bits per heavy atom. The van der Waals surface area contributed by atoms with Crippen LogP contribution in [0, 0.1) is 0 Å². The molecule has 2 saturated heterocycles. The molecule has 2 amide bonds. The number of fused-ring (bicyclic) bond motifs is 3. The van der Waals surface area contributed by atoms with Crippen LogP contribution < -0.4 is 9.47 Å². The summed E-state index contributed by atoms with van der Waals surface area (Å²) in [5, 5.41) is -0.218. The number of amides is 2. The smallest absolute Gasteiger partial charge is 0.410 e. The molecule has 0 spiro atoms. The van der Waals surface area contributed by atoms with Gasteiger partial charge in [0.1, 0.15) is 37.8 Å². The highest BCUT2D eigenvalue weighted by Crippen LogP contribution is 2.68. The molecule has 0 saturated carbocycles. The van der Waals surface area contributed by atoms with Gasteiger partial charge in [0.25, 0.3) is 0 Å². The fraction of sp³-hybridized carbons (Fsp3) is 0.508. The van der Waals surface area contributed by atoms with Gasteiger partial charge in [-0.1, -0.05) is 100 Å². The number of benzene rings is 2. The Hall–Kier alpha value is -5.46. The first-order chi connectivity index (χ1) is 36.8. The van der Waals surface area contributed by atoms with E-state index < -0.39 is 52.2 Å². The normalized spacial score (nSPS) is 21.4. The Labute approximate surface area is 468 Å². The summed E-state index contributed by atoms with van der Waals surface area (Å²) in [7, 11) is 0. The van der Waals surface area contributed by atoms with Crippen molar-refractivity contribution in [1.29, 1.82) is 0 Å². The third kappa shape index (κ3) is 9.16. The summed E-state index contributed by atoms with van der Waals surface area (Å²) in [5.74, 6) is -17.3. The summed E-state index contributed by atoms with van der Waals surface area (Å²) < 4.78 is 135. The van der Waals surface area contributed by atoms with Crippen molar-refractivity contribution in [2.75, 3.05) is 52.6 Å². The van der Waals surface area contributed by atoms with Crippen molar-refractivity contribution < 1.29 is 59.3 Å². The Kier molecular flexibility index (Phi) is 13.2. The van der Waals surface area contributed by atoms with Crippen LogP contribution in [0.4, 0.5) is 35.9 Å². The molecule has 5 aliphatic rings. The van der Waals surface area contributed by atoms with Gasteiger partial charge in [0.05, 0.1) is 31.1 Å². The maximum atomic E-state index is 17.9. The summed E-state index contributed by atoms with van der Waals surface area (Å²) in [6.45, 7) is 24.0. The topological polar surface area (TPSA) is 90.7 Å². The Morgan fingerprint density at radius 3 is 1.58 bits per heavy atom. The summed E-state index contributed by atoms with van der Waals surface area (Å²) >= 11 is 4.11. The number of hydrogen-bond acceptors (Lipinski definition) is 10. The number of cyclic esters (lactones) is 2. The minimum absolute atomic E-state index is 0.0179. The van der Waals surface area contributed by atoms with Gasteiger partial charge in [0, 0.05) is 63.7 Å². The molecule has 2 aromatic carbocycles. The van der Waals surface area contributed by atoms with Crippen molar-refractivity contribution in [1.82, 2.24) is 9.80 Å². The van der Waals surface area contributed by atoms with Crippen LogP contribution in [0.3, 0.4) is 0 Å². The number of halogens is 6. The van der Waals surface area contributed by atoms with E-state index in [0.29, 0.717) is 16.3 Å². The molecular weight excluding hydrogens is 1080 g/mol. The lowest BCUT2D eigenvalue weighted by molar-refractivity contribution is -0.254. The van der Waals surface area contributed by atoms with E-state index in [1.165, 1.54) is 50.7 Å². The predicted molar refractivity (Wildman–Crippen MR) is 300 cm³/mol. The highest BCUT2D eigenvalue weighted by molar-refractivity contribution is 7.27. The van der Waals surface area contributed by atoms with Gasteiger partial charge in [0.2, 0.25) is 0 Å². The van der Waals surface area contributed by atoms with E-state index in [4.69, 9.17) is 23.4 Å². The Bertz CT molecular complexity index is 3390. The summed E-state index contributed by atoms with van der Waals surface area (Å²) in [4.78, 5) is 31.8. The third-order valence-corrected chi connectivity index (χ3v) is 21.5. The van der Waals surface area contributed by atoms with Gasteiger partial charge in [-0.2, -0.15) is 26.3 Å². The molecule has 0 N–H and O–H groups in total. The number of hydrogen-bond donors (Lipinski definition) is 0. The number of ether oxygens (including phenoxy) is 4. The van der Waals surface area contributed by atoms with Gasteiger partial charge < -0.3 is 33.2 Å². The molecule has 4 aromatic heterocycles. The maximum Gasteiger partial charge on any atom is 0.410 e. The van der Waals surface area contributed by atoms with Crippen LogP contribution in [-0.2, 0) is 36.5 Å². The van der Waals surface area contributed by atoms with Crippen LogP contribution in [-0.4, -0.2) is 92.4 Å². The van der Waals surface area contributed by atoms with Crippen LogP contribution in [0.25, 0.3) is 52.9 Å². The molecule has 0 bridgehead atoms. The van der Waals surface area contributed by atoms with Crippen molar-refractivity contribution in [3.63, 3.8) is 0 Å². The van der Waals surface area contributed by atoms with E-state index in [9.17, 15) is 9.59 Å². The molecule has 9 nitrogen and oxygen atoms in total. The van der Waals surface area contributed by atoms with Crippen LogP contribution in [0.15, 0.2) is 59.0 Å². The number of thiophene rings is 3. The number of alkyl halides is 6. The average molecular weight is 1150 g/mol. The second-order valence-electron chi connectivity index (χ2n) is 25.4. The van der Waals surface area contributed by atoms with Crippen LogP contribution >= 0.6 is 34.0 Å². The first kappa shape index (κ1) is 55.4. The van der Waals surface area contributed by atoms with Crippen molar-refractivity contribution in [2.24, 2.45) is 0 Å². The minimum Gasteiger partial charge on any atom is -0.488 e. The van der Waals surface area contributed by atoms with Gasteiger partial charge in [-0.15, -0.1) is 34.0 Å². The van der Waals surface area contributed by atoms with Crippen molar-refractivity contribution in [2.45, 2.75) is 147 Å². The van der Waals surface area contributed by atoms with Gasteiger partial charge in [-0.05, 0) is 93.7 Å².